The van der Waals surface area contributed by atoms with Crippen LogP contribution in [0.3, 0.4) is 0 Å². The summed E-state index contributed by atoms with van der Waals surface area (Å²) in [6, 6.07) is 6.23. The van der Waals surface area contributed by atoms with Gasteiger partial charge in [0.2, 0.25) is 0 Å². The molecule has 0 unspecified atom stereocenters. The molecule has 1 heterocycles. The molecule has 1 aromatic carbocycles. The third kappa shape index (κ3) is 5.06. The second-order valence-electron chi connectivity index (χ2n) is 8.30. The van der Waals surface area contributed by atoms with E-state index in [2.05, 4.69) is 26.1 Å². The van der Waals surface area contributed by atoms with Gasteiger partial charge in [0.15, 0.2) is 19.7 Å². The Morgan fingerprint density at radius 2 is 1.69 bits per heavy atom. The summed E-state index contributed by atoms with van der Waals surface area (Å²) in [7, 11) is -3.27. The molecule has 0 aliphatic carbocycles. The summed E-state index contributed by atoms with van der Waals surface area (Å²) in [5.74, 6) is -0.458. The van der Waals surface area contributed by atoms with E-state index in [4.69, 9.17) is 0 Å². The summed E-state index contributed by atoms with van der Waals surface area (Å²) >= 11 is 0. The van der Waals surface area contributed by atoms with Crippen molar-refractivity contribution in [3.63, 3.8) is 0 Å². The van der Waals surface area contributed by atoms with E-state index in [0.717, 1.165) is 5.56 Å². The van der Waals surface area contributed by atoms with Crippen molar-refractivity contribution in [2.75, 3.05) is 38.7 Å². The maximum absolute atomic E-state index is 13.1. The Kier molecular flexibility index (Phi) is 6.22. The Bertz CT molecular complexity index is 823. The van der Waals surface area contributed by atoms with Gasteiger partial charge in [0.05, 0.1) is 21.7 Å². The lowest BCUT2D eigenvalue weighted by Crippen LogP contribution is -2.45. The Balaban J connectivity index is 2.27. The minimum Gasteiger partial charge on any atom is -0.310 e. The van der Waals surface area contributed by atoms with Crippen molar-refractivity contribution in [1.82, 2.24) is 10.2 Å². The average Bonchev–Trinajstić information content (AvgIpc) is 2.82. The van der Waals surface area contributed by atoms with Gasteiger partial charge in [0, 0.05) is 19.1 Å². The van der Waals surface area contributed by atoms with E-state index in [9.17, 15) is 16.8 Å². The van der Waals surface area contributed by atoms with E-state index >= 15 is 0 Å². The minimum atomic E-state index is -3.73. The van der Waals surface area contributed by atoms with E-state index in [0.29, 0.717) is 13.1 Å². The van der Waals surface area contributed by atoms with Gasteiger partial charge in [-0.25, -0.2) is 16.8 Å². The molecule has 1 saturated heterocycles. The standard InChI is InChI=1S/C18H30N2O4S2/c1-18(2,3)14-6-8-15(9-7-14)26(23,24)17-13-25(21,22)12-16(17)19-10-11-20(4)5/h6-9,16-17,19H,10-13H2,1-5H3/t16-,17-/m0/s1. The quantitative estimate of drug-likeness (QED) is 0.766. The van der Waals surface area contributed by atoms with Gasteiger partial charge in [0.25, 0.3) is 0 Å². The molecular weight excluding hydrogens is 372 g/mol. The lowest BCUT2D eigenvalue weighted by Gasteiger charge is -2.22. The van der Waals surface area contributed by atoms with Crippen LogP contribution in [0.4, 0.5) is 0 Å². The van der Waals surface area contributed by atoms with Crippen molar-refractivity contribution < 1.29 is 16.8 Å². The van der Waals surface area contributed by atoms with E-state index in [1.165, 1.54) is 0 Å². The number of likely N-dealkylation sites (N-methyl/N-ethyl adjacent to an activating group) is 1. The van der Waals surface area contributed by atoms with Crippen molar-refractivity contribution in [3.8, 4) is 0 Å². The highest BCUT2D eigenvalue weighted by atomic mass is 32.2. The first-order chi connectivity index (χ1) is 11.8. The summed E-state index contributed by atoms with van der Waals surface area (Å²) in [5, 5.41) is 2.18. The monoisotopic (exact) mass is 402 g/mol. The molecule has 6 nitrogen and oxygen atoms in total. The van der Waals surface area contributed by atoms with Crippen LogP contribution in [-0.4, -0.2) is 71.7 Å². The first kappa shape index (κ1) is 21.3. The zero-order valence-electron chi connectivity index (χ0n) is 16.2. The fourth-order valence-corrected chi connectivity index (χ4v) is 7.82. The molecule has 26 heavy (non-hydrogen) atoms. The largest absolute Gasteiger partial charge is 0.310 e. The first-order valence-electron chi connectivity index (χ1n) is 8.76. The topological polar surface area (TPSA) is 83.6 Å². The van der Waals surface area contributed by atoms with Crippen molar-refractivity contribution in [3.05, 3.63) is 29.8 Å². The number of hydrogen-bond donors (Lipinski definition) is 1. The van der Waals surface area contributed by atoms with E-state index in [-0.39, 0.29) is 21.8 Å². The summed E-state index contributed by atoms with van der Waals surface area (Å²) in [6.45, 7) is 7.44. The lowest BCUT2D eigenvalue weighted by molar-refractivity contribution is 0.388. The Hall–Kier alpha value is -0.960. The average molecular weight is 403 g/mol. The lowest BCUT2D eigenvalue weighted by atomic mass is 9.87. The van der Waals surface area contributed by atoms with Crippen molar-refractivity contribution >= 4 is 19.7 Å². The molecule has 1 aliphatic rings. The van der Waals surface area contributed by atoms with Gasteiger partial charge in [0.1, 0.15) is 0 Å². The highest BCUT2D eigenvalue weighted by Crippen LogP contribution is 2.28. The van der Waals surface area contributed by atoms with Crippen LogP contribution in [0.25, 0.3) is 0 Å². The molecule has 1 fully saturated rings. The van der Waals surface area contributed by atoms with Crippen LogP contribution in [0, 0.1) is 0 Å². The number of benzene rings is 1. The van der Waals surface area contributed by atoms with Gasteiger partial charge >= 0.3 is 0 Å². The van der Waals surface area contributed by atoms with Gasteiger partial charge in [-0.05, 0) is 37.2 Å². The summed E-state index contributed by atoms with van der Waals surface area (Å²) in [4.78, 5) is 2.15. The number of nitrogens with zero attached hydrogens (tertiary/aromatic N) is 1. The molecule has 1 N–H and O–H groups in total. The highest BCUT2D eigenvalue weighted by Gasteiger charge is 2.45. The predicted molar refractivity (Wildman–Crippen MR) is 105 cm³/mol. The molecule has 148 valence electrons. The van der Waals surface area contributed by atoms with E-state index in [1.807, 2.05) is 31.1 Å². The van der Waals surface area contributed by atoms with Crippen LogP contribution in [-0.2, 0) is 25.1 Å². The third-order valence-electron chi connectivity index (χ3n) is 4.71. The predicted octanol–water partition coefficient (Wildman–Crippen LogP) is 1.07. The first-order valence-corrected chi connectivity index (χ1v) is 12.1. The smallest absolute Gasteiger partial charge is 0.183 e. The molecule has 0 aromatic heterocycles. The maximum Gasteiger partial charge on any atom is 0.183 e. The molecule has 0 spiro atoms. The van der Waals surface area contributed by atoms with Gasteiger partial charge < -0.3 is 10.2 Å². The summed E-state index contributed by atoms with van der Waals surface area (Å²) in [5.41, 5.74) is 0.964. The molecule has 8 heteroatoms. The Morgan fingerprint density at radius 1 is 1.12 bits per heavy atom. The molecule has 2 atom stereocenters. The van der Waals surface area contributed by atoms with Crippen molar-refractivity contribution in [1.29, 1.82) is 0 Å². The highest BCUT2D eigenvalue weighted by molar-refractivity contribution is 7.96. The van der Waals surface area contributed by atoms with Crippen LogP contribution in [0.5, 0.6) is 0 Å². The number of sulfone groups is 2. The zero-order chi connectivity index (χ0) is 19.8. The number of hydrogen-bond acceptors (Lipinski definition) is 6. The van der Waals surface area contributed by atoms with Gasteiger partial charge in [-0.3, -0.25) is 0 Å². The SMILES string of the molecule is CN(C)CCN[C@H]1CS(=O)(=O)C[C@@H]1S(=O)(=O)c1ccc(C(C)(C)C)cc1. The normalized spacial score (nSPS) is 23.5. The third-order valence-corrected chi connectivity index (χ3v) is 8.88. The second kappa shape index (κ2) is 7.58. The minimum absolute atomic E-state index is 0.0741. The Morgan fingerprint density at radius 3 is 2.19 bits per heavy atom. The molecule has 0 bridgehead atoms. The molecule has 1 aliphatic heterocycles. The van der Waals surface area contributed by atoms with Gasteiger partial charge in [-0.1, -0.05) is 32.9 Å². The van der Waals surface area contributed by atoms with Gasteiger partial charge in [-0.15, -0.1) is 0 Å². The van der Waals surface area contributed by atoms with E-state index < -0.39 is 31.0 Å². The van der Waals surface area contributed by atoms with Crippen LogP contribution in [0.2, 0.25) is 0 Å². The number of rotatable bonds is 6. The molecule has 0 amide bonds. The van der Waals surface area contributed by atoms with Crippen LogP contribution >= 0.6 is 0 Å². The van der Waals surface area contributed by atoms with Crippen LogP contribution < -0.4 is 5.32 Å². The molecule has 0 radical (unpaired) electrons. The maximum atomic E-state index is 13.1. The van der Waals surface area contributed by atoms with Crippen LogP contribution in [0.15, 0.2) is 29.2 Å². The zero-order valence-corrected chi connectivity index (χ0v) is 17.8. The second-order valence-corrected chi connectivity index (χ2v) is 12.6. The van der Waals surface area contributed by atoms with Crippen molar-refractivity contribution in [2.45, 2.75) is 42.4 Å². The van der Waals surface area contributed by atoms with Gasteiger partial charge in [-0.2, -0.15) is 0 Å². The molecular formula is C18H30N2O4S2. The molecule has 1 aromatic rings. The summed E-state index contributed by atoms with van der Waals surface area (Å²) in [6.07, 6.45) is 0. The Labute approximate surface area is 157 Å². The summed E-state index contributed by atoms with van der Waals surface area (Å²) < 4.78 is 50.3. The number of nitrogens with one attached hydrogen (secondary N) is 1. The van der Waals surface area contributed by atoms with Crippen LogP contribution in [0.1, 0.15) is 26.3 Å². The van der Waals surface area contributed by atoms with Crippen molar-refractivity contribution in [2.24, 2.45) is 0 Å². The fourth-order valence-electron chi connectivity index (χ4n) is 3.10. The van der Waals surface area contributed by atoms with E-state index in [1.54, 1.807) is 12.1 Å². The molecule has 0 saturated carbocycles. The molecule has 2 rings (SSSR count). The fraction of sp³-hybridized carbons (Fsp3) is 0.667.